The summed E-state index contributed by atoms with van der Waals surface area (Å²) in [6.07, 6.45) is 4.36. The van der Waals surface area contributed by atoms with E-state index in [0.717, 1.165) is 25.7 Å². The van der Waals surface area contributed by atoms with Gasteiger partial charge in [-0.2, -0.15) is 0 Å². The minimum absolute atomic E-state index is 0.118. The molecule has 0 spiro atoms. The summed E-state index contributed by atoms with van der Waals surface area (Å²) >= 11 is 0. The van der Waals surface area contributed by atoms with Crippen LogP contribution in [0.15, 0.2) is 0 Å². The zero-order valence-electron chi connectivity index (χ0n) is 12.8. The van der Waals surface area contributed by atoms with Crippen molar-refractivity contribution in [1.82, 2.24) is 5.32 Å². The van der Waals surface area contributed by atoms with E-state index in [-0.39, 0.29) is 17.7 Å². The van der Waals surface area contributed by atoms with Crippen LogP contribution in [0.25, 0.3) is 0 Å². The summed E-state index contributed by atoms with van der Waals surface area (Å²) in [6, 6.07) is 0. The molecule has 0 aliphatic heterocycles. The molecule has 0 radical (unpaired) electrons. The van der Waals surface area contributed by atoms with Gasteiger partial charge in [-0.25, -0.2) is 0 Å². The third-order valence-electron chi connectivity index (χ3n) is 3.61. The number of hydrogen-bond donors (Lipinski definition) is 2. The van der Waals surface area contributed by atoms with E-state index in [2.05, 4.69) is 33.0 Å². The average molecular weight is 271 g/mol. The largest absolute Gasteiger partial charge is 0.481 e. The first-order valence-electron chi connectivity index (χ1n) is 7.22. The van der Waals surface area contributed by atoms with E-state index in [9.17, 15) is 9.59 Å². The maximum atomic E-state index is 11.7. The van der Waals surface area contributed by atoms with E-state index in [1.54, 1.807) is 0 Å². The molecule has 4 heteroatoms. The van der Waals surface area contributed by atoms with E-state index in [4.69, 9.17) is 5.11 Å². The van der Waals surface area contributed by atoms with Crippen LogP contribution in [0.2, 0.25) is 0 Å². The van der Waals surface area contributed by atoms with Gasteiger partial charge in [0.25, 0.3) is 0 Å². The van der Waals surface area contributed by atoms with E-state index >= 15 is 0 Å². The molecule has 0 aromatic carbocycles. The van der Waals surface area contributed by atoms with E-state index in [1.165, 1.54) is 0 Å². The molecule has 0 aliphatic rings. The Morgan fingerprint density at radius 2 is 1.68 bits per heavy atom. The van der Waals surface area contributed by atoms with Crippen molar-refractivity contribution in [2.45, 2.75) is 66.2 Å². The SMILES string of the molecule is CC(CC(=O)NCCCCCCC(=O)O)C(C)(C)C. The Morgan fingerprint density at radius 3 is 2.21 bits per heavy atom. The van der Waals surface area contributed by atoms with Gasteiger partial charge in [0.05, 0.1) is 0 Å². The first kappa shape index (κ1) is 17.9. The second-order valence-electron chi connectivity index (χ2n) is 6.38. The molecule has 4 nitrogen and oxygen atoms in total. The Labute approximate surface area is 117 Å². The minimum atomic E-state index is -0.732. The fourth-order valence-electron chi connectivity index (χ4n) is 1.64. The fourth-order valence-corrected chi connectivity index (χ4v) is 1.64. The van der Waals surface area contributed by atoms with Crippen molar-refractivity contribution in [3.05, 3.63) is 0 Å². The summed E-state index contributed by atoms with van der Waals surface area (Å²) in [5.41, 5.74) is 0.161. The highest BCUT2D eigenvalue weighted by Gasteiger charge is 2.22. The van der Waals surface area contributed by atoms with Crippen molar-refractivity contribution in [3.63, 3.8) is 0 Å². The normalized spacial score (nSPS) is 13.1. The molecule has 1 atom stereocenters. The summed E-state index contributed by atoms with van der Waals surface area (Å²) < 4.78 is 0. The lowest BCUT2D eigenvalue weighted by Gasteiger charge is -2.26. The molecule has 0 aromatic heterocycles. The molecule has 0 aliphatic carbocycles. The first-order valence-corrected chi connectivity index (χ1v) is 7.22. The Hall–Kier alpha value is -1.06. The number of nitrogens with one attached hydrogen (secondary N) is 1. The number of aliphatic carboxylic acids is 1. The van der Waals surface area contributed by atoms with Gasteiger partial charge in [0.1, 0.15) is 0 Å². The predicted molar refractivity (Wildman–Crippen MR) is 77.0 cm³/mol. The molecule has 112 valence electrons. The molecule has 0 rings (SSSR count). The van der Waals surface area contributed by atoms with Crippen LogP contribution in [0.3, 0.4) is 0 Å². The summed E-state index contributed by atoms with van der Waals surface area (Å²) in [6.45, 7) is 9.24. The van der Waals surface area contributed by atoms with Crippen molar-refractivity contribution in [2.24, 2.45) is 11.3 Å². The molecule has 1 unspecified atom stereocenters. The zero-order chi connectivity index (χ0) is 14.9. The Morgan fingerprint density at radius 1 is 1.11 bits per heavy atom. The Kier molecular flexibility index (Phi) is 8.44. The molecular weight excluding hydrogens is 242 g/mol. The second-order valence-corrected chi connectivity index (χ2v) is 6.38. The van der Waals surface area contributed by atoms with Crippen LogP contribution in [0.1, 0.15) is 66.2 Å². The van der Waals surface area contributed by atoms with Gasteiger partial charge < -0.3 is 10.4 Å². The standard InChI is InChI=1S/C15H29NO3/c1-12(15(2,3)4)11-13(17)16-10-8-6-5-7-9-14(18)19/h12H,5-11H2,1-4H3,(H,16,17)(H,18,19). The summed E-state index contributed by atoms with van der Waals surface area (Å²) in [5.74, 6) is -0.250. The van der Waals surface area contributed by atoms with Crippen LogP contribution in [0, 0.1) is 11.3 Å². The number of hydrogen-bond acceptors (Lipinski definition) is 2. The van der Waals surface area contributed by atoms with E-state index < -0.39 is 5.97 Å². The van der Waals surface area contributed by atoms with Gasteiger partial charge >= 0.3 is 5.97 Å². The average Bonchev–Trinajstić information content (AvgIpc) is 2.25. The monoisotopic (exact) mass is 271 g/mol. The maximum absolute atomic E-state index is 11.7. The van der Waals surface area contributed by atoms with Gasteiger partial charge in [-0.15, -0.1) is 0 Å². The van der Waals surface area contributed by atoms with Crippen LogP contribution in [-0.4, -0.2) is 23.5 Å². The molecule has 19 heavy (non-hydrogen) atoms. The fraction of sp³-hybridized carbons (Fsp3) is 0.867. The van der Waals surface area contributed by atoms with Crippen LogP contribution >= 0.6 is 0 Å². The molecule has 0 saturated carbocycles. The van der Waals surface area contributed by atoms with Crippen LogP contribution < -0.4 is 5.32 Å². The van der Waals surface area contributed by atoms with Crippen LogP contribution in [0.5, 0.6) is 0 Å². The second kappa shape index (κ2) is 8.94. The lowest BCUT2D eigenvalue weighted by molar-refractivity contribution is -0.137. The highest BCUT2D eigenvalue weighted by atomic mass is 16.4. The molecule has 0 saturated heterocycles. The van der Waals surface area contributed by atoms with Gasteiger partial charge in [-0.1, -0.05) is 40.5 Å². The Balaban J connectivity index is 3.52. The topological polar surface area (TPSA) is 66.4 Å². The number of carbonyl (C=O) groups is 2. The zero-order valence-corrected chi connectivity index (χ0v) is 12.8. The van der Waals surface area contributed by atoms with E-state index in [0.29, 0.717) is 18.9 Å². The van der Waals surface area contributed by atoms with Gasteiger partial charge in [0, 0.05) is 19.4 Å². The van der Waals surface area contributed by atoms with Crippen LogP contribution in [0.4, 0.5) is 0 Å². The molecule has 0 fully saturated rings. The molecule has 0 bridgehead atoms. The third kappa shape index (κ3) is 10.5. The predicted octanol–water partition coefficient (Wildman–Crippen LogP) is 3.21. The molecule has 0 aromatic rings. The van der Waals surface area contributed by atoms with Gasteiger partial charge in [0.2, 0.25) is 5.91 Å². The number of rotatable bonds is 9. The molecule has 0 heterocycles. The molecule has 1 amide bonds. The lowest BCUT2D eigenvalue weighted by atomic mass is 9.80. The number of carboxylic acids is 1. The van der Waals surface area contributed by atoms with Crippen LogP contribution in [-0.2, 0) is 9.59 Å². The lowest BCUT2D eigenvalue weighted by Crippen LogP contribution is -2.29. The van der Waals surface area contributed by atoms with Crippen molar-refractivity contribution in [2.75, 3.05) is 6.54 Å². The highest BCUT2D eigenvalue weighted by molar-refractivity contribution is 5.76. The maximum Gasteiger partial charge on any atom is 0.303 e. The summed E-state index contributed by atoms with van der Waals surface area (Å²) in [4.78, 5) is 22.0. The van der Waals surface area contributed by atoms with Gasteiger partial charge in [-0.3, -0.25) is 9.59 Å². The van der Waals surface area contributed by atoms with Gasteiger partial charge in [-0.05, 0) is 24.2 Å². The number of unbranched alkanes of at least 4 members (excludes halogenated alkanes) is 3. The van der Waals surface area contributed by atoms with E-state index in [1.807, 2.05) is 0 Å². The van der Waals surface area contributed by atoms with Crippen molar-refractivity contribution in [1.29, 1.82) is 0 Å². The smallest absolute Gasteiger partial charge is 0.303 e. The Bertz CT molecular complexity index is 282. The first-order chi connectivity index (χ1) is 8.73. The van der Waals surface area contributed by atoms with Crippen molar-refractivity contribution in [3.8, 4) is 0 Å². The molecule has 2 N–H and O–H groups in total. The van der Waals surface area contributed by atoms with Crippen molar-refractivity contribution < 1.29 is 14.7 Å². The van der Waals surface area contributed by atoms with Crippen molar-refractivity contribution >= 4 is 11.9 Å². The number of carboxylic acid groups (broad SMARTS) is 1. The number of carbonyl (C=O) groups excluding carboxylic acids is 1. The minimum Gasteiger partial charge on any atom is -0.481 e. The highest BCUT2D eigenvalue weighted by Crippen LogP contribution is 2.27. The summed E-state index contributed by atoms with van der Waals surface area (Å²) in [7, 11) is 0. The quantitative estimate of drug-likeness (QED) is 0.633. The van der Waals surface area contributed by atoms with Gasteiger partial charge in [0.15, 0.2) is 0 Å². The third-order valence-corrected chi connectivity index (χ3v) is 3.61. The summed E-state index contributed by atoms with van der Waals surface area (Å²) in [5, 5.41) is 11.4. The number of amides is 1. The molecular formula is C15H29NO3.